The highest BCUT2D eigenvalue weighted by atomic mass is 16.6. The number of nitrogens with zero attached hydrogens (tertiary/aromatic N) is 2. The van der Waals surface area contributed by atoms with Crippen LogP contribution in [0.1, 0.15) is 59.3 Å². The predicted octanol–water partition coefficient (Wildman–Crippen LogP) is 3.30. The van der Waals surface area contributed by atoms with Gasteiger partial charge in [-0.25, -0.2) is 0 Å². The molecule has 0 spiro atoms. The van der Waals surface area contributed by atoms with Gasteiger partial charge in [0.05, 0.1) is 6.67 Å². The molecule has 1 heterocycles. The van der Waals surface area contributed by atoms with Crippen LogP contribution in [0.3, 0.4) is 0 Å². The van der Waals surface area contributed by atoms with Crippen molar-refractivity contribution in [3.8, 4) is 0 Å². The third kappa shape index (κ3) is 6.50. The molecule has 0 aromatic rings. The Morgan fingerprint density at radius 3 is 2.58 bits per heavy atom. The van der Waals surface area contributed by atoms with E-state index in [9.17, 15) is 4.79 Å². The molecule has 1 unspecified atom stereocenters. The van der Waals surface area contributed by atoms with Crippen LogP contribution in [0.4, 0.5) is 0 Å². The van der Waals surface area contributed by atoms with Crippen LogP contribution in [0.2, 0.25) is 0 Å². The third-order valence-corrected chi connectivity index (χ3v) is 3.42. The molecule has 0 amide bonds. The van der Waals surface area contributed by atoms with Crippen molar-refractivity contribution in [3.05, 3.63) is 12.4 Å². The molecule has 19 heavy (non-hydrogen) atoms. The van der Waals surface area contributed by atoms with E-state index in [2.05, 4.69) is 18.0 Å². The van der Waals surface area contributed by atoms with E-state index >= 15 is 0 Å². The molecule has 0 saturated heterocycles. The van der Waals surface area contributed by atoms with Crippen molar-refractivity contribution in [2.75, 3.05) is 13.2 Å². The lowest BCUT2D eigenvalue weighted by atomic mass is 10.1. The molecule has 0 radical (unpaired) electrons. The molecule has 110 valence electrons. The van der Waals surface area contributed by atoms with E-state index in [0.29, 0.717) is 0 Å². The molecule has 0 bridgehead atoms. The van der Waals surface area contributed by atoms with Gasteiger partial charge in [0, 0.05) is 25.9 Å². The minimum Gasteiger partial charge on any atom is -0.442 e. The Kier molecular flexibility index (Phi) is 7.38. The lowest BCUT2D eigenvalue weighted by Crippen LogP contribution is -2.35. The van der Waals surface area contributed by atoms with Crippen molar-refractivity contribution in [2.45, 2.75) is 65.5 Å². The molecule has 1 rings (SSSR count). The summed E-state index contributed by atoms with van der Waals surface area (Å²) in [6, 6.07) is 0. The van der Waals surface area contributed by atoms with Crippen LogP contribution < -0.4 is 0 Å². The van der Waals surface area contributed by atoms with Crippen LogP contribution in [-0.2, 0) is 9.53 Å². The first kappa shape index (κ1) is 15.9. The van der Waals surface area contributed by atoms with Crippen molar-refractivity contribution in [3.63, 3.8) is 0 Å². The van der Waals surface area contributed by atoms with Crippen LogP contribution >= 0.6 is 0 Å². The van der Waals surface area contributed by atoms with Gasteiger partial charge in [-0.05, 0) is 13.3 Å². The molecule has 1 aliphatic heterocycles. The van der Waals surface area contributed by atoms with Crippen LogP contribution in [0.15, 0.2) is 12.4 Å². The van der Waals surface area contributed by atoms with Crippen molar-refractivity contribution >= 4 is 5.97 Å². The third-order valence-electron chi connectivity index (χ3n) is 3.42. The zero-order valence-corrected chi connectivity index (χ0v) is 12.6. The number of esters is 1. The van der Waals surface area contributed by atoms with E-state index in [0.717, 1.165) is 13.2 Å². The van der Waals surface area contributed by atoms with Gasteiger partial charge in [-0.15, -0.1) is 0 Å². The number of hydrogen-bond donors (Lipinski definition) is 0. The molecular weight excluding hydrogens is 240 g/mol. The SMILES string of the molecule is CCCCCCCCN1C=CN(C(C)OC(C)=O)C1. The monoisotopic (exact) mass is 268 g/mol. The summed E-state index contributed by atoms with van der Waals surface area (Å²) in [5.41, 5.74) is 0. The maximum Gasteiger partial charge on any atom is 0.304 e. The second-order valence-corrected chi connectivity index (χ2v) is 5.24. The summed E-state index contributed by atoms with van der Waals surface area (Å²) in [4.78, 5) is 15.2. The van der Waals surface area contributed by atoms with Gasteiger partial charge >= 0.3 is 5.97 Å². The Bertz CT molecular complexity index is 292. The molecule has 1 atom stereocenters. The fourth-order valence-corrected chi connectivity index (χ4v) is 2.27. The molecule has 0 aromatic carbocycles. The predicted molar refractivity (Wildman–Crippen MR) is 77.2 cm³/mol. The van der Waals surface area contributed by atoms with Crippen LogP contribution in [0.25, 0.3) is 0 Å². The largest absolute Gasteiger partial charge is 0.442 e. The maximum atomic E-state index is 10.9. The summed E-state index contributed by atoms with van der Waals surface area (Å²) < 4.78 is 5.16. The van der Waals surface area contributed by atoms with Crippen LogP contribution in [0, 0.1) is 0 Å². The van der Waals surface area contributed by atoms with Gasteiger partial charge in [-0.2, -0.15) is 0 Å². The van der Waals surface area contributed by atoms with E-state index in [1.54, 1.807) is 0 Å². The Morgan fingerprint density at radius 2 is 1.89 bits per heavy atom. The summed E-state index contributed by atoms with van der Waals surface area (Å²) in [7, 11) is 0. The highest BCUT2D eigenvalue weighted by molar-refractivity contribution is 5.66. The zero-order valence-electron chi connectivity index (χ0n) is 12.6. The Labute approximate surface area is 117 Å². The van der Waals surface area contributed by atoms with Crippen LogP contribution in [-0.4, -0.2) is 35.2 Å². The quantitative estimate of drug-likeness (QED) is 0.474. The summed E-state index contributed by atoms with van der Waals surface area (Å²) in [6.07, 6.45) is 11.8. The summed E-state index contributed by atoms with van der Waals surface area (Å²) in [6.45, 7) is 7.51. The van der Waals surface area contributed by atoms with Gasteiger partial charge in [-0.1, -0.05) is 39.0 Å². The fourth-order valence-electron chi connectivity index (χ4n) is 2.27. The van der Waals surface area contributed by atoms with E-state index < -0.39 is 0 Å². The Morgan fingerprint density at radius 1 is 1.21 bits per heavy atom. The molecule has 0 fully saturated rings. The second-order valence-electron chi connectivity index (χ2n) is 5.24. The van der Waals surface area contributed by atoms with Gasteiger partial charge in [0.1, 0.15) is 0 Å². The summed E-state index contributed by atoms with van der Waals surface area (Å²) >= 11 is 0. The molecule has 4 nitrogen and oxygen atoms in total. The first-order valence-corrected chi connectivity index (χ1v) is 7.49. The number of unbranched alkanes of at least 4 members (excludes halogenated alkanes) is 5. The summed E-state index contributed by atoms with van der Waals surface area (Å²) in [5, 5.41) is 0. The van der Waals surface area contributed by atoms with E-state index in [1.807, 2.05) is 18.0 Å². The number of rotatable bonds is 9. The standard InChI is InChI=1S/C15H28N2O2/c1-4-5-6-7-8-9-10-16-11-12-17(13-16)14(2)19-15(3)18/h11-12,14H,4-10,13H2,1-3H3. The van der Waals surface area contributed by atoms with Gasteiger partial charge in [-0.3, -0.25) is 4.79 Å². The van der Waals surface area contributed by atoms with Crippen molar-refractivity contribution in [1.82, 2.24) is 9.80 Å². The molecule has 0 saturated carbocycles. The topological polar surface area (TPSA) is 32.8 Å². The molecule has 4 heteroatoms. The smallest absolute Gasteiger partial charge is 0.304 e. The number of hydrogen-bond acceptors (Lipinski definition) is 4. The maximum absolute atomic E-state index is 10.9. The average molecular weight is 268 g/mol. The molecule has 0 aliphatic carbocycles. The minimum absolute atomic E-state index is 0.177. The number of carbonyl (C=O) groups excluding carboxylic acids is 1. The Hall–Kier alpha value is -1.19. The fraction of sp³-hybridized carbons (Fsp3) is 0.800. The lowest BCUT2D eigenvalue weighted by molar-refractivity contribution is -0.152. The van der Waals surface area contributed by atoms with E-state index in [-0.39, 0.29) is 12.2 Å². The Balaban J connectivity index is 2.09. The zero-order chi connectivity index (χ0) is 14.1. The average Bonchev–Trinajstić information content (AvgIpc) is 2.81. The van der Waals surface area contributed by atoms with Gasteiger partial charge < -0.3 is 14.5 Å². The first-order chi connectivity index (χ1) is 9.13. The second kappa shape index (κ2) is 8.83. The van der Waals surface area contributed by atoms with Gasteiger partial charge in [0.2, 0.25) is 0 Å². The number of carbonyl (C=O) groups is 1. The lowest BCUT2D eigenvalue weighted by Gasteiger charge is -2.26. The normalized spacial score (nSPS) is 15.9. The molecular formula is C15H28N2O2. The van der Waals surface area contributed by atoms with Gasteiger partial charge in [0.15, 0.2) is 6.23 Å². The minimum atomic E-state index is -0.227. The highest BCUT2D eigenvalue weighted by Gasteiger charge is 2.18. The van der Waals surface area contributed by atoms with Gasteiger partial charge in [0.25, 0.3) is 0 Å². The highest BCUT2D eigenvalue weighted by Crippen LogP contribution is 2.13. The van der Waals surface area contributed by atoms with Crippen molar-refractivity contribution in [1.29, 1.82) is 0 Å². The van der Waals surface area contributed by atoms with E-state index in [4.69, 9.17) is 4.74 Å². The first-order valence-electron chi connectivity index (χ1n) is 7.49. The van der Waals surface area contributed by atoms with Crippen LogP contribution in [0.5, 0.6) is 0 Å². The van der Waals surface area contributed by atoms with E-state index in [1.165, 1.54) is 45.4 Å². The molecule has 0 N–H and O–H groups in total. The van der Waals surface area contributed by atoms with Crippen molar-refractivity contribution in [2.24, 2.45) is 0 Å². The summed E-state index contributed by atoms with van der Waals surface area (Å²) in [5.74, 6) is -0.227. The van der Waals surface area contributed by atoms with Crippen molar-refractivity contribution < 1.29 is 9.53 Å². The number of ether oxygens (including phenoxy) is 1. The molecule has 1 aliphatic rings. The molecule has 0 aromatic heterocycles.